The van der Waals surface area contributed by atoms with Crippen LogP contribution in [0.5, 0.6) is 5.75 Å². The Bertz CT molecular complexity index is 900. The van der Waals surface area contributed by atoms with Crippen LogP contribution in [0.25, 0.3) is 0 Å². The number of urea groups is 1. The molecule has 1 heterocycles. The van der Waals surface area contributed by atoms with Crippen LogP contribution in [0.4, 0.5) is 4.79 Å². The first kappa shape index (κ1) is 20.4. The number of hydrogen-bond acceptors (Lipinski definition) is 4. The van der Waals surface area contributed by atoms with Gasteiger partial charge in [0.05, 0.1) is 6.61 Å². The number of rotatable bonds is 8. The predicted octanol–water partition coefficient (Wildman–Crippen LogP) is 2.35. The molecule has 0 bridgehead atoms. The monoisotopic (exact) mass is 395 g/mol. The standard InChI is InChI=1S/C22H25N3O4/c1-16-8-6-11-18(14-16)29-13-7-12-23-19(26)15-25-20(27)22(2,24-21(25)28)17-9-4-3-5-10-17/h3-6,8-11,14H,7,12-13,15H2,1-2H3,(H,23,26)(H,24,28). The minimum Gasteiger partial charge on any atom is -0.494 e. The van der Waals surface area contributed by atoms with Crippen molar-refractivity contribution in [3.8, 4) is 5.75 Å². The van der Waals surface area contributed by atoms with Gasteiger partial charge in [-0.3, -0.25) is 14.5 Å². The van der Waals surface area contributed by atoms with E-state index >= 15 is 0 Å². The quantitative estimate of drug-likeness (QED) is 0.531. The molecule has 2 aromatic rings. The van der Waals surface area contributed by atoms with E-state index < -0.39 is 17.5 Å². The van der Waals surface area contributed by atoms with Crippen molar-refractivity contribution < 1.29 is 19.1 Å². The summed E-state index contributed by atoms with van der Waals surface area (Å²) in [6, 6.07) is 16.2. The molecule has 1 aliphatic heterocycles. The first-order valence-corrected chi connectivity index (χ1v) is 9.56. The molecule has 0 aliphatic carbocycles. The molecule has 152 valence electrons. The van der Waals surface area contributed by atoms with Gasteiger partial charge in [0.1, 0.15) is 17.8 Å². The van der Waals surface area contributed by atoms with E-state index in [9.17, 15) is 14.4 Å². The van der Waals surface area contributed by atoms with Crippen LogP contribution in [-0.4, -0.2) is 42.4 Å². The highest BCUT2D eigenvalue weighted by atomic mass is 16.5. The van der Waals surface area contributed by atoms with Crippen LogP contribution >= 0.6 is 0 Å². The van der Waals surface area contributed by atoms with Crippen molar-refractivity contribution >= 4 is 17.8 Å². The molecule has 29 heavy (non-hydrogen) atoms. The number of amides is 4. The van der Waals surface area contributed by atoms with Crippen LogP contribution in [0.3, 0.4) is 0 Å². The molecule has 0 radical (unpaired) electrons. The molecule has 2 N–H and O–H groups in total. The molecule has 7 nitrogen and oxygen atoms in total. The number of imide groups is 1. The lowest BCUT2D eigenvalue weighted by atomic mass is 9.92. The van der Waals surface area contributed by atoms with Crippen molar-refractivity contribution in [3.05, 3.63) is 65.7 Å². The van der Waals surface area contributed by atoms with Gasteiger partial charge in [-0.1, -0.05) is 42.5 Å². The van der Waals surface area contributed by atoms with Gasteiger partial charge in [0.25, 0.3) is 5.91 Å². The lowest BCUT2D eigenvalue weighted by Crippen LogP contribution is -2.43. The van der Waals surface area contributed by atoms with Gasteiger partial charge in [-0.2, -0.15) is 0 Å². The van der Waals surface area contributed by atoms with Crippen LogP contribution in [0.2, 0.25) is 0 Å². The minimum atomic E-state index is -1.17. The minimum absolute atomic E-state index is 0.314. The van der Waals surface area contributed by atoms with E-state index in [0.29, 0.717) is 25.1 Å². The Morgan fingerprint density at radius 3 is 2.62 bits per heavy atom. The number of benzene rings is 2. The van der Waals surface area contributed by atoms with Gasteiger partial charge >= 0.3 is 6.03 Å². The van der Waals surface area contributed by atoms with Crippen molar-refractivity contribution in [1.29, 1.82) is 0 Å². The van der Waals surface area contributed by atoms with Gasteiger partial charge in [0, 0.05) is 6.54 Å². The van der Waals surface area contributed by atoms with Gasteiger partial charge < -0.3 is 15.4 Å². The second-order valence-corrected chi connectivity index (χ2v) is 7.18. The highest BCUT2D eigenvalue weighted by Crippen LogP contribution is 2.28. The summed E-state index contributed by atoms with van der Waals surface area (Å²) in [4.78, 5) is 38.2. The Labute approximate surface area is 170 Å². The number of hydrogen-bond donors (Lipinski definition) is 2. The van der Waals surface area contributed by atoms with Crippen LogP contribution in [-0.2, 0) is 15.1 Å². The number of carbonyl (C=O) groups excluding carboxylic acids is 3. The number of nitrogens with zero attached hydrogens (tertiary/aromatic N) is 1. The van der Waals surface area contributed by atoms with Crippen LogP contribution in [0, 0.1) is 6.92 Å². The first-order valence-electron chi connectivity index (χ1n) is 9.56. The van der Waals surface area contributed by atoms with E-state index in [2.05, 4.69) is 10.6 Å². The van der Waals surface area contributed by atoms with Gasteiger partial charge in [0.15, 0.2) is 0 Å². The maximum atomic E-state index is 12.8. The second-order valence-electron chi connectivity index (χ2n) is 7.18. The van der Waals surface area contributed by atoms with E-state index in [0.717, 1.165) is 16.2 Å². The van der Waals surface area contributed by atoms with E-state index in [1.54, 1.807) is 31.2 Å². The highest BCUT2D eigenvalue weighted by molar-refractivity contribution is 6.09. The predicted molar refractivity (Wildman–Crippen MR) is 108 cm³/mol. The molecule has 1 fully saturated rings. The first-order chi connectivity index (χ1) is 13.9. The molecule has 1 aliphatic rings. The summed E-state index contributed by atoms with van der Waals surface area (Å²) in [5, 5.41) is 5.41. The Morgan fingerprint density at radius 1 is 1.14 bits per heavy atom. The van der Waals surface area contributed by atoms with E-state index in [1.165, 1.54) is 0 Å². The lowest BCUT2D eigenvalue weighted by molar-refractivity contribution is -0.134. The van der Waals surface area contributed by atoms with Crippen molar-refractivity contribution in [2.45, 2.75) is 25.8 Å². The molecular weight excluding hydrogens is 370 g/mol. The summed E-state index contributed by atoms with van der Waals surface area (Å²) in [5.74, 6) is -0.0381. The van der Waals surface area contributed by atoms with Crippen LogP contribution < -0.4 is 15.4 Å². The van der Waals surface area contributed by atoms with Crippen molar-refractivity contribution in [3.63, 3.8) is 0 Å². The molecule has 2 aromatic carbocycles. The summed E-state index contributed by atoms with van der Waals surface area (Å²) < 4.78 is 5.63. The third-order valence-corrected chi connectivity index (χ3v) is 4.83. The molecule has 1 unspecified atom stereocenters. The molecule has 4 amide bonds. The molecule has 0 saturated carbocycles. The molecule has 1 atom stereocenters. The van der Waals surface area contributed by atoms with Gasteiger partial charge in [0.2, 0.25) is 5.91 Å². The summed E-state index contributed by atoms with van der Waals surface area (Å²) >= 11 is 0. The molecule has 3 rings (SSSR count). The number of ether oxygens (including phenoxy) is 1. The average molecular weight is 395 g/mol. The molecule has 7 heteroatoms. The summed E-state index contributed by atoms with van der Waals surface area (Å²) in [5.41, 5.74) is 0.627. The SMILES string of the molecule is Cc1cccc(OCCCNC(=O)CN2C(=O)NC(C)(c3ccccc3)C2=O)c1. The average Bonchev–Trinajstić information content (AvgIpc) is 2.92. The third-order valence-electron chi connectivity index (χ3n) is 4.83. The lowest BCUT2D eigenvalue weighted by Gasteiger charge is -2.22. The van der Waals surface area contributed by atoms with E-state index in [-0.39, 0.29) is 12.5 Å². The number of nitrogens with one attached hydrogen (secondary N) is 2. The Kier molecular flexibility index (Phi) is 6.16. The zero-order chi connectivity index (χ0) is 20.9. The molecular formula is C22H25N3O4. The fourth-order valence-electron chi connectivity index (χ4n) is 3.20. The fraction of sp³-hybridized carbons (Fsp3) is 0.318. The number of carbonyl (C=O) groups is 3. The molecule has 0 spiro atoms. The van der Waals surface area contributed by atoms with Crippen LogP contribution in [0.1, 0.15) is 24.5 Å². The van der Waals surface area contributed by atoms with Crippen LogP contribution in [0.15, 0.2) is 54.6 Å². The maximum Gasteiger partial charge on any atom is 0.325 e. The van der Waals surface area contributed by atoms with E-state index in [1.807, 2.05) is 37.3 Å². The smallest absolute Gasteiger partial charge is 0.325 e. The topological polar surface area (TPSA) is 87.7 Å². The summed E-state index contributed by atoms with van der Waals surface area (Å²) in [6.07, 6.45) is 0.613. The maximum absolute atomic E-state index is 12.8. The highest BCUT2D eigenvalue weighted by Gasteiger charge is 2.49. The zero-order valence-corrected chi connectivity index (χ0v) is 16.6. The Hall–Kier alpha value is -3.35. The summed E-state index contributed by atoms with van der Waals surface area (Å²) in [6.45, 7) is 4.17. The normalized spacial score (nSPS) is 18.5. The summed E-state index contributed by atoms with van der Waals surface area (Å²) in [7, 11) is 0. The molecule has 0 aromatic heterocycles. The van der Waals surface area contributed by atoms with Gasteiger partial charge in [-0.25, -0.2) is 4.79 Å². The second kappa shape index (κ2) is 8.77. The van der Waals surface area contributed by atoms with Crippen molar-refractivity contribution in [2.75, 3.05) is 19.7 Å². The largest absolute Gasteiger partial charge is 0.494 e. The zero-order valence-electron chi connectivity index (χ0n) is 16.6. The fourth-order valence-corrected chi connectivity index (χ4v) is 3.20. The van der Waals surface area contributed by atoms with Crippen molar-refractivity contribution in [2.24, 2.45) is 0 Å². The van der Waals surface area contributed by atoms with Gasteiger partial charge in [-0.05, 0) is 43.5 Å². The molecule has 1 saturated heterocycles. The van der Waals surface area contributed by atoms with Gasteiger partial charge in [-0.15, -0.1) is 0 Å². The number of aryl methyl sites for hydroxylation is 1. The Morgan fingerprint density at radius 2 is 1.90 bits per heavy atom. The third kappa shape index (κ3) is 4.74. The van der Waals surface area contributed by atoms with E-state index in [4.69, 9.17) is 4.74 Å². The van der Waals surface area contributed by atoms with Crippen molar-refractivity contribution in [1.82, 2.24) is 15.5 Å². The Balaban J connectivity index is 1.45.